The number of hydrogen-bond donors (Lipinski definition) is 1. The fourth-order valence-corrected chi connectivity index (χ4v) is 4.10. The van der Waals surface area contributed by atoms with Crippen molar-refractivity contribution in [3.05, 3.63) is 70.3 Å². The number of rotatable bonds is 5. The average Bonchev–Trinajstić information content (AvgIpc) is 2.89. The molecule has 1 N–H and O–H groups in total. The minimum atomic E-state index is -0.652. The van der Waals surface area contributed by atoms with Gasteiger partial charge in [0.15, 0.2) is 5.78 Å². The third kappa shape index (κ3) is 4.00. The van der Waals surface area contributed by atoms with Crippen LogP contribution in [0.4, 0.5) is 0 Å². The molecule has 1 saturated carbocycles. The van der Waals surface area contributed by atoms with E-state index in [2.05, 4.69) is 5.32 Å². The van der Waals surface area contributed by atoms with Crippen LogP contribution in [-0.2, 0) is 9.59 Å². The van der Waals surface area contributed by atoms with Crippen LogP contribution < -0.4 is 5.32 Å². The highest BCUT2D eigenvalue weighted by Crippen LogP contribution is 2.37. The molecule has 2 aromatic carbocycles. The molecule has 0 aromatic heterocycles. The van der Waals surface area contributed by atoms with Crippen LogP contribution in [0.1, 0.15) is 51.4 Å². The first-order valence-corrected chi connectivity index (χ1v) is 9.36. The summed E-state index contributed by atoms with van der Waals surface area (Å²) in [6.07, 6.45) is 0.751. The first-order valence-electron chi connectivity index (χ1n) is 9.36. The Morgan fingerprint density at radius 2 is 1.67 bits per heavy atom. The summed E-state index contributed by atoms with van der Waals surface area (Å²) in [5.41, 5.74) is 4.59. The van der Waals surface area contributed by atoms with E-state index in [0.29, 0.717) is 18.5 Å². The van der Waals surface area contributed by atoms with Crippen molar-refractivity contribution >= 4 is 17.5 Å². The summed E-state index contributed by atoms with van der Waals surface area (Å²) >= 11 is 0. The number of hydrogen-bond acceptors (Lipinski definition) is 3. The van der Waals surface area contributed by atoms with Crippen molar-refractivity contribution in [2.45, 2.75) is 39.5 Å². The molecule has 4 heteroatoms. The van der Waals surface area contributed by atoms with Gasteiger partial charge in [0.1, 0.15) is 11.7 Å². The Balaban J connectivity index is 1.66. The molecule has 0 heterocycles. The predicted molar refractivity (Wildman–Crippen MR) is 105 cm³/mol. The third-order valence-corrected chi connectivity index (χ3v) is 5.30. The highest BCUT2D eigenvalue weighted by atomic mass is 16.2. The summed E-state index contributed by atoms with van der Waals surface area (Å²) < 4.78 is 0. The normalized spacial score (nSPS) is 19.4. The van der Waals surface area contributed by atoms with Crippen molar-refractivity contribution in [2.75, 3.05) is 6.54 Å². The molecule has 27 heavy (non-hydrogen) atoms. The van der Waals surface area contributed by atoms with Crippen molar-refractivity contribution < 1.29 is 14.4 Å². The molecule has 0 radical (unpaired) electrons. The van der Waals surface area contributed by atoms with Crippen molar-refractivity contribution in [3.8, 4) is 0 Å². The predicted octanol–water partition coefficient (Wildman–Crippen LogP) is 3.67. The van der Waals surface area contributed by atoms with Gasteiger partial charge in [0.25, 0.3) is 5.91 Å². The van der Waals surface area contributed by atoms with Gasteiger partial charge in [-0.05, 0) is 56.0 Å². The van der Waals surface area contributed by atoms with Crippen LogP contribution in [0.25, 0.3) is 0 Å². The Morgan fingerprint density at radius 3 is 2.30 bits per heavy atom. The first kappa shape index (κ1) is 19.0. The molecule has 0 aliphatic heterocycles. The lowest BCUT2D eigenvalue weighted by Gasteiger charge is -2.16. The fraction of sp³-hybridized carbons (Fsp3) is 0.348. The highest BCUT2D eigenvalue weighted by Gasteiger charge is 2.42. The van der Waals surface area contributed by atoms with E-state index >= 15 is 0 Å². The molecular weight excluding hydrogens is 338 g/mol. The zero-order chi connectivity index (χ0) is 19.6. The molecule has 0 saturated heterocycles. The van der Waals surface area contributed by atoms with Gasteiger partial charge in [0.2, 0.25) is 0 Å². The number of aryl methyl sites for hydroxylation is 3. The van der Waals surface area contributed by atoms with Gasteiger partial charge in [0, 0.05) is 24.4 Å². The molecule has 1 aliphatic rings. The molecule has 0 spiro atoms. The van der Waals surface area contributed by atoms with E-state index in [-0.39, 0.29) is 29.8 Å². The zero-order valence-electron chi connectivity index (χ0n) is 16.0. The number of benzene rings is 2. The maximum atomic E-state index is 12.9. The lowest BCUT2D eigenvalue weighted by atomic mass is 9.86. The van der Waals surface area contributed by atoms with E-state index in [1.165, 1.54) is 0 Å². The van der Waals surface area contributed by atoms with E-state index < -0.39 is 5.92 Å². The lowest BCUT2D eigenvalue weighted by Crippen LogP contribution is -2.27. The van der Waals surface area contributed by atoms with Gasteiger partial charge in [-0.3, -0.25) is 14.4 Å². The first-order chi connectivity index (χ1) is 12.9. The maximum absolute atomic E-state index is 12.9. The molecule has 1 aliphatic carbocycles. The molecule has 140 valence electrons. The van der Waals surface area contributed by atoms with Crippen molar-refractivity contribution in [1.82, 2.24) is 5.32 Å². The molecular formula is C23H25NO3. The number of ketones is 2. The highest BCUT2D eigenvalue weighted by molar-refractivity contribution is 6.15. The average molecular weight is 363 g/mol. The maximum Gasteiger partial charge on any atom is 0.251 e. The summed E-state index contributed by atoms with van der Waals surface area (Å²) in [7, 11) is 0. The van der Waals surface area contributed by atoms with Crippen molar-refractivity contribution in [3.63, 3.8) is 0 Å². The summed E-state index contributed by atoms with van der Waals surface area (Å²) in [4.78, 5) is 37.6. The van der Waals surface area contributed by atoms with Gasteiger partial charge < -0.3 is 5.32 Å². The van der Waals surface area contributed by atoms with E-state index in [9.17, 15) is 14.4 Å². The minimum Gasteiger partial charge on any atom is -0.352 e. The molecule has 3 rings (SSSR count). The van der Waals surface area contributed by atoms with Crippen LogP contribution in [0.5, 0.6) is 0 Å². The molecule has 2 atom stereocenters. The number of nitrogens with one attached hydrogen (secondary N) is 1. The third-order valence-electron chi connectivity index (χ3n) is 5.30. The van der Waals surface area contributed by atoms with E-state index in [1.807, 2.05) is 51.1 Å². The van der Waals surface area contributed by atoms with Crippen LogP contribution in [0, 0.1) is 26.7 Å². The van der Waals surface area contributed by atoms with Gasteiger partial charge in [0.05, 0.1) is 0 Å². The van der Waals surface area contributed by atoms with Gasteiger partial charge in [-0.25, -0.2) is 0 Å². The van der Waals surface area contributed by atoms with Crippen LogP contribution in [0.15, 0.2) is 42.5 Å². The van der Waals surface area contributed by atoms with Gasteiger partial charge in [-0.15, -0.1) is 0 Å². The molecule has 0 bridgehead atoms. The topological polar surface area (TPSA) is 63.2 Å². The fourth-order valence-electron chi connectivity index (χ4n) is 4.10. The van der Waals surface area contributed by atoms with Crippen molar-refractivity contribution in [1.29, 1.82) is 0 Å². The molecule has 1 unspecified atom stereocenters. The van der Waals surface area contributed by atoms with E-state index in [1.54, 1.807) is 12.1 Å². The second kappa shape index (κ2) is 7.87. The Morgan fingerprint density at radius 1 is 1.04 bits per heavy atom. The lowest BCUT2D eigenvalue weighted by molar-refractivity contribution is -0.124. The number of amides is 1. The zero-order valence-corrected chi connectivity index (χ0v) is 16.0. The van der Waals surface area contributed by atoms with Crippen LogP contribution in [0.3, 0.4) is 0 Å². The monoisotopic (exact) mass is 363 g/mol. The van der Waals surface area contributed by atoms with E-state index in [0.717, 1.165) is 22.3 Å². The standard InChI is InChI=1S/C23H25NO3/c1-14-11-15(2)20(16(3)12-14)21-19(25)13-18(22(21)26)9-10-24-23(27)17-7-5-4-6-8-17/h4-8,11-12,18,21H,9-10,13H2,1-3H3,(H,24,27)/t18-,21?/m0/s1. The number of Topliss-reactive ketones (excluding diaryl/α,β-unsaturated/α-hetero) is 2. The van der Waals surface area contributed by atoms with Crippen LogP contribution in [0.2, 0.25) is 0 Å². The number of carbonyl (C=O) groups is 3. The Bertz CT molecular complexity index is 863. The summed E-state index contributed by atoms with van der Waals surface area (Å²) in [6, 6.07) is 13.0. The van der Waals surface area contributed by atoms with Crippen molar-refractivity contribution in [2.24, 2.45) is 5.92 Å². The Kier molecular flexibility index (Phi) is 5.54. The smallest absolute Gasteiger partial charge is 0.251 e. The summed E-state index contributed by atoms with van der Waals surface area (Å²) in [5.74, 6) is -1.15. The summed E-state index contributed by atoms with van der Waals surface area (Å²) in [5, 5.41) is 2.84. The van der Waals surface area contributed by atoms with Crippen LogP contribution >= 0.6 is 0 Å². The van der Waals surface area contributed by atoms with Gasteiger partial charge in [-0.2, -0.15) is 0 Å². The quantitative estimate of drug-likeness (QED) is 0.825. The molecule has 1 amide bonds. The SMILES string of the molecule is Cc1cc(C)c(C2C(=O)C[C@H](CCNC(=O)c3ccccc3)C2=O)c(C)c1. The second-order valence-electron chi connectivity index (χ2n) is 7.43. The number of carbonyl (C=O) groups excluding carboxylic acids is 3. The van der Waals surface area contributed by atoms with Gasteiger partial charge in [-0.1, -0.05) is 35.9 Å². The molecule has 4 nitrogen and oxygen atoms in total. The Hall–Kier alpha value is -2.75. The largest absolute Gasteiger partial charge is 0.352 e. The minimum absolute atomic E-state index is 0.00515. The second-order valence-corrected chi connectivity index (χ2v) is 7.43. The molecule has 1 fully saturated rings. The Labute approximate surface area is 160 Å². The summed E-state index contributed by atoms with van der Waals surface area (Å²) in [6.45, 7) is 6.32. The van der Waals surface area contributed by atoms with Crippen LogP contribution in [-0.4, -0.2) is 24.0 Å². The van der Waals surface area contributed by atoms with E-state index in [4.69, 9.17) is 0 Å². The molecule has 2 aromatic rings. The van der Waals surface area contributed by atoms with Gasteiger partial charge >= 0.3 is 0 Å².